The molecular formula is C10H13N3O5. The Labute approximate surface area is 103 Å². The second kappa shape index (κ2) is 7.07. The second-order valence-electron chi connectivity index (χ2n) is 3.02. The van der Waals surface area contributed by atoms with Crippen molar-refractivity contribution < 1.29 is 14.6 Å². The van der Waals surface area contributed by atoms with E-state index in [1.165, 1.54) is 7.05 Å². The number of nitro groups is 2. The molecule has 8 heteroatoms. The first kappa shape index (κ1) is 15.7. The average molecular weight is 255 g/mol. The van der Waals surface area contributed by atoms with Crippen LogP contribution >= 0.6 is 0 Å². The van der Waals surface area contributed by atoms with Gasteiger partial charge in [-0.15, -0.1) is 0 Å². The van der Waals surface area contributed by atoms with Crippen LogP contribution in [0, 0.1) is 20.2 Å². The summed E-state index contributed by atoms with van der Waals surface area (Å²) < 4.78 is 0. The second-order valence-corrected chi connectivity index (χ2v) is 3.02. The van der Waals surface area contributed by atoms with E-state index in [1.807, 2.05) is 0 Å². The maximum atomic E-state index is 10.7. The van der Waals surface area contributed by atoms with Crippen molar-refractivity contribution in [2.45, 2.75) is 13.3 Å². The van der Waals surface area contributed by atoms with E-state index in [9.17, 15) is 25.0 Å². The Balaban J connectivity index is 0.00000137. The molecule has 0 aliphatic carbocycles. The van der Waals surface area contributed by atoms with Crippen LogP contribution < -0.4 is 5.73 Å². The van der Waals surface area contributed by atoms with Crippen LogP contribution in [0.3, 0.4) is 0 Å². The normalized spacial score (nSPS) is 9.06. The van der Waals surface area contributed by atoms with Crippen LogP contribution in [-0.4, -0.2) is 23.2 Å². The number of aldehydes is 1. The fourth-order valence-corrected chi connectivity index (χ4v) is 1.42. The molecule has 0 aromatic heterocycles. The summed E-state index contributed by atoms with van der Waals surface area (Å²) in [6.45, 7) is 1.58. The van der Waals surface area contributed by atoms with E-state index in [4.69, 9.17) is 0 Å². The van der Waals surface area contributed by atoms with Crippen LogP contribution in [-0.2, 0) is 6.42 Å². The molecule has 0 saturated carbocycles. The molecule has 0 fully saturated rings. The van der Waals surface area contributed by atoms with Gasteiger partial charge in [-0.3, -0.25) is 25.0 Å². The Kier molecular flexibility index (Phi) is 6.15. The lowest BCUT2D eigenvalue weighted by atomic mass is 10.0. The minimum absolute atomic E-state index is 0.0283. The summed E-state index contributed by atoms with van der Waals surface area (Å²) >= 11 is 0. The molecule has 18 heavy (non-hydrogen) atoms. The average Bonchev–Trinajstić information content (AvgIpc) is 2.39. The standard InChI is InChI=1S/C9H8N2O5.CH5N/c1-2-7-8(10(13)14)3-6(5-12)4-9(7)11(15)16;1-2/h3-5H,2H2,1H3;2H2,1H3. The van der Waals surface area contributed by atoms with Gasteiger partial charge in [-0.2, -0.15) is 0 Å². The van der Waals surface area contributed by atoms with Gasteiger partial charge in [0.2, 0.25) is 0 Å². The zero-order valence-corrected chi connectivity index (χ0v) is 9.95. The van der Waals surface area contributed by atoms with Gasteiger partial charge in [0.1, 0.15) is 5.56 Å². The van der Waals surface area contributed by atoms with Crippen molar-refractivity contribution in [2.24, 2.45) is 5.73 Å². The Morgan fingerprint density at radius 3 is 1.78 bits per heavy atom. The predicted molar refractivity (Wildman–Crippen MR) is 64.6 cm³/mol. The molecule has 1 aromatic rings. The maximum Gasteiger partial charge on any atom is 0.280 e. The number of nitrogens with two attached hydrogens (primary N) is 1. The third-order valence-corrected chi connectivity index (χ3v) is 2.11. The maximum absolute atomic E-state index is 10.7. The highest BCUT2D eigenvalue weighted by molar-refractivity contribution is 5.79. The van der Waals surface area contributed by atoms with Crippen LogP contribution in [0.4, 0.5) is 11.4 Å². The van der Waals surface area contributed by atoms with E-state index in [2.05, 4.69) is 5.73 Å². The van der Waals surface area contributed by atoms with E-state index in [-0.39, 0.29) is 28.9 Å². The van der Waals surface area contributed by atoms with Gasteiger partial charge >= 0.3 is 0 Å². The number of carbonyl (C=O) groups excluding carboxylic acids is 1. The topological polar surface area (TPSA) is 129 Å². The molecule has 0 bridgehead atoms. The van der Waals surface area contributed by atoms with Gasteiger partial charge < -0.3 is 5.73 Å². The molecule has 0 amide bonds. The van der Waals surface area contributed by atoms with Crippen molar-refractivity contribution >= 4 is 17.7 Å². The smallest absolute Gasteiger partial charge is 0.280 e. The van der Waals surface area contributed by atoms with Crippen LogP contribution in [0.25, 0.3) is 0 Å². The van der Waals surface area contributed by atoms with Gasteiger partial charge in [0, 0.05) is 17.7 Å². The molecule has 0 heterocycles. The number of rotatable bonds is 4. The summed E-state index contributed by atoms with van der Waals surface area (Å²) in [7, 11) is 1.50. The largest absolute Gasteiger partial charge is 0.333 e. The number of hydrogen-bond acceptors (Lipinski definition) is 6. The number of carbonyl (C=O) groups is 1. The third kappa shape index (κ3) is 3.32. The monoisotopic (exact) mass is 255 g/mol. The predicted octanol–water partition coefficient (Wildman–Crippen LogP) is 1.45. The van der Waals surface area contributed by atoms with Crippen LogP contribution in [0.2, 0.25) is 0 Å². The number of benzene rings is 1. The molecule has 0 atom stereocenters. The fraction of sp³-hybridized carbons (Fsp3) is 0.300. The molecule has 1 aromatic carbocycles. The van der Waals surface area contributed by atoms with Gasteiger partial charge in [-0.1, -0.05) is 6.92 Å². The van der Waals surface area contributed by atoms with E-state index in [1.54, 1.807) is 6.92 Å². The van der Waals surface area contributed by atoms with Crippen LogP contribution in [0.5, 0.6) is 0 Å². The first-order chi connectivity index (χ1) is 8.51. The molecule has 8 nitrogen and oxygen atoms in total. The molecule has 0 aliphatic rings. The summed E-state index contributed by atoms with van der Waals surface area (Å²) in [5.41, 5.74) is 3.67. The van der Waals surface area contributed by atoms with Crippen molar-refractivity contribution in [1.29, 1.82) is 0 Å². The van der Waals surface area contributed by atoms with Crippen LogP contribution in [0.1, 0.15) is 22.8 Å². The Bertz CT molecular complexity index is 438. The molecule has 0 aliphatic heterocycles. The molecule has 2 N–H and O–H groups in total. The first-order valence-electron chi connectivity index (χ1n) is 4.99. The molecular weight excluding hydrogens is 242 g/mol. The van der Waals surface area contributed by atoms with Gasteiger partial charge in [-0.05, 0) is 13.5 Å². The van der Waals surface area contributed by atoms with Crippen molar-refractivity contribution in [1.82, 2.24) is 0 Å². The number of hydrogen-bond donors (Lipinski definition) is 1. The summed E-state index contributed by atoms with van der Waals surface area (Å²) in [6, 6.07) is 2.08. The summed E-state index contributed by atoms with van der Waals surface area (Å²) in [4.78, 5) is 30.4. The summed E-state index contributed by atoms with van der Waals surface area (Å²) in [5.74, 6) is 0. The SMILES string of the molecule is CCc1c([N+](=O)[O-])cc(C=O)cc1[N+](=O)[O-].CN. The van der Waals surface area contributed by atoms with E-state index < -0.39 is 9.85 Å². The quantitative estimate of drug-likeness (QED) is 0.492. The third-order valence-electron chi connectivity index (χ3n) is 2.11. The van der Waals surface area contributed by atoms with Crippen LogP contribution in [0.15, 0.2) is 12.1 Å². The Morgan fingerprint density at radius 1 is 1.17 bits per heavy atom. The Hall–Kier alpha value is -2.35. The van der Waals surface area contributed by atoms with Gasteiger partial charge in [0.05, 0.1) is 9.85 Å². The highest BCUT2D eigenvalue weighted by Gasteiger charge is 2.24. The lowest BCUT2D eigenvalue weighted by molar-refractivity contribution is -0.395. The molecule has 0 unspecified atom stereocenters. The first-order valence-corrected chi connectivity index (χ1v) is 4.99. The number of nitro benzene ring substituents is 2. The summed E-state index contributed by atoms with van der Waals surface area (Å²) in [5, 5.41) is 21.4. The van der Waals surface area contributed by atoms with E-state index >= 15 is 0 Å². The Morgan fingerprint density at radius 2 is 1.56 bits per heavy atom. The summed E-state index contributed by atoms with van der Waals surface area (Å²) in [6.07, 6.45) is 0.505. The lowest BCUT2D eigenvalue weighted by Crippen LogP contribution is -2.01. The van der Waals surface area contributed by atoms with Gasteiger partial charge in [-0.25, -0.2) is 0 Å². The zero-order chi connectivity index (χ0) is 14.3. The highest BCUT2D eigenvalue weighted by atomic mass is 16.6. The van der Waals surface area contributed by atoms with Crippen molar-refractivity contribution in [2.75, 3.05) is 7.05 Å². The molecule has 0 saturated heterocycles. The minimum atomic E-state index is -0.723. The van der Waals surface area contributed by atoms with Crippen molar-refractivity contribution in [3.05, 3.63) is 43.5 Å². The molecule has 0 spiro atoms. The minimum Gasteiger partial charge on any atom is -0.333 e. The number of nitrogens with zero attached hydrogens (tertiary/aromatic N) is 2. The van der Waals surface area contributed by atoms with E-state index in [0.29, 0.717) is 6.29 Å². The van der Waals surface area contributed by atoms with Crippen molar-refractivity contribution in [3.8, 4) is 0 Å². The van der Waals surface area contributed by atoms with Gasteiger partial charge in [0.25, 0.3) is 11.4 Å². The molecule has 0 radical (unpaired) electrons. The lowest BCUT2D eigenvalue weighted by Gasteiger charge is -2.02. The van der Waals surface area contributed by atoms with Gasteiger partial charge in [0.15, 0.2) is 6.29 Å². The highest BCUT2D eigenvalue weighted by Crippen LogP contribution is 2.30. The zero-order valence-electron chi connectivity index (χ0n) is 9.95. The van der Waals surface area contributed by atoms with E-state index in [0.717, 1.165) is 12.1 Å². The molecule has 98 valence electrons. The fourth-order valence-electron chi connectivity index (χ4n) is 1.42. The van der Waals surface area contributed by atoms with Crippen molar-refractivity contribution in [3.63, 3.8) is 0 Å². The molecule has 1 rings (SSSR count).